The van der Waals surface area contributed by atoms with Crippen LogP contribution in [0.5, 0.6) is 0 Å². The van der Waals surface area contributed by atoms with Gasteiger partial charge in [0.25, 0.3) is 0 Å². The molecule has 136 valence electrons. The summed E-state index contributed by atoms with van der Waals surface area (Å²) >= 11 is 0. The summed E-state index contributed by atoms with van der Waals surface area (Å²) in [5.74, 6) is 12.8. The molecule has 0 aliphatic carbocycles. The Kier molecular flexibility index (Phi) is 5.87. The van der Waals surface area contributed by atoms with Gasteiger partial charge in [-0.15, -0.1) is 0 Å². The molecule has 0 fully saturated rings. The SMILES string of the molecule is C(#Cc1ccc(Cc2ccc(C#Cc3ccccc3)cc2)cc1)c1ccccc1. The molecule has 4 aromatic carbocycles. The number of hydrogen-bond donors (Lipinski definition) is 0. The van der Waals surface area contributed by atoms with Gasteiger partial charge in [0.2, 0.25) is 0 Å². The van der Waals surface area contributed by atoms with Crippen molar-refractivity contribution in [2.75, 3.05) is 0 Å². The molecule has 0 nitrogen and oxygen atoms in total. The lowest BCUT2D eigenvalue weighted by Gasteiger charge is -2.03. The molecule has 0 aliphatic heterocycles. The van der Waals surface area contributed by atoms with Crippen LogP contribution in [-0.4, -0.2) is 0 Å². The molecule has 29 heavy (non-hydrogen) atoms. The molecule has 0 radical (unpaired) electrons. The molecule has 0 unspecified atom stereocenters. The number of benzene rings is 4. The molecule has 0 atom stereocenters. The van der Waals surface area contributed by atoms with Gasteiger partial charge in [-0.1, -0.05) is 84.3 Å². The van der Waals surface area contributed by atoms with Crippen molar-refractivity contribution in [2.24, 2.45) is 0 Å². The summed E-state index contributed by atoms with van der Waals surface area (Å²) in [7, 11) is 0. The highest BCUT2D eigenvalue weighted by Gasteiger charge is 1.97. The maximum atomic E-state index is 3.22. The van der Waals surface area contributed by atoms with Crippen LogP contribution in [0.3, 0.4) is 0 Å². The van der Waals surface area contributed by atoms with Gasteiger partial charge in [-0.05, 0) is 66.1 Å². The average molecular weight is 368 g/mol. The van der Waals surface area contributed by atoms with Gasteiger partial charge in [0.05, 0.1) is 0 Å². The zero-order valence-electron chi connectivity index (χ0n) is 16.1. The van der Waals surface area contributed by atoms with Gasteiger partial charge in [0.15, 0.2) is 0 Å². The smallest absolute Gasteiger partial charge is 0.0249 e. The first-order chi connectivity index (χ1) is 14.3. The molecule has 0 spiro atoms. The van der Waals surface area contributed by atoms with E-state index in [9.17, 15) is 0 Å². The fourth-order valence-electron chi connectivity index (χ4n) is 2.98. The quantitative estimate of drug-likeness (QED) is 0.376. The highest BCUT2D eigenvalue weighted by atomic mass is 14.0. The van der Waals surface area contributed by atoms with Crippen LogP contribution in [0.15, 0.2) is 109 Å². The van der Waals surface area contributed by atoms with E-state index in [0.29, 0.717) is 0 Å². The fraction of sp³-hybridized carbons (Fsp3) is 0.0345. The topological polar surface area (TPSA) is 0 Å². The molecule has 0 aliphatic rings. The van der Waals surface area contributed by atoms with Crippen LogP contribution in [0, 0.1) is 23.7 Å². The van der Waals surface area contributed by atoms with E-state index in [2.05, 4.69) is 72.2 Å². The molecule has 0 saturated heterocycles. The third-order valence-electron chi connectivity index (χ3n) is 4.57. The Morgan fingerprint density at radius 2 is 0.655 bits per heavy atom. The predicted molar refractivity (Wildman–Crippen MR) is 121 cm³/mol. The maximum absolute atomic E-state index is 3.22. The fourth-order valence-corrected chi connectivity index (χ4v) is 2.98. The van der Waals surface area contributed by atoms with E-state index in [4.69, 9.17) is 0 Å². The Balaban J connectivity index is 1.39. The lowest BCUT2D eigenvalue weighted by Crippen LogP contribution is -1.89. The molecule has 0 amide bonds. The predicted octanol–water partition coefficient (Wildman–Crippen LogP) is 6.08. The van der Waals surface area contributed by atoms with Crippen molar-refractivity contribution in [1.29, 1.82) is 0 Å². The van der Waals surface area contributed by atoms with Crippen LogP contribution in [0.1, 0.15) is 33.4 Å². The highest BCUT2D eigenvalue weighted by molar-refractivity contribution is 5.45. The molecule has 0 saturated carbocycles. The van der Waals surface area contributed by atoms with E-state index < -0.39 is 0 Å². The zero-order valence-corrected chi connectivity index (χ0v) is 16.1. The lowest BCUT2D eigenvalue weighted by atomic mass is 10.0. The Labute approximate surface area is 172 Å². The van der Waals surface area contributed by atoms with Crippen LogP contribution in [0.2, 0.25) is 0 Å². The third kappa shape index (κ3) is 5.49. The minimum absolute atomic E-state index is 0.902. The van der Waals surface area contributed by atoms with Gasteiger partial charge in [-0.3, -0.25) is 0 Å². The Bertz CT molecular complexity index is 1080. The lowest BCUT2D eigenvalue weighted by molar-refractivity contribution is 1.19. The average Bonchev–Trinajstić information content (AvgIpc) is 2.80. The first-order valence-electron chi connectivity index (χ1n) is 9.67. The number of rotatable bonds is 2. The maximum Gasteiger partial charge on any atom is 0.0249 e. The van der Waals surface area contributed by atoms with Gasteiger partial charge in [-0.2, -0.15) is 0 Å². The van der Waals surface area contributed by atoms with E-state index in [1.54, 1.807) is 0 Å². The largest absolute Gasteiger partial charge is 0.0622 e. The Morgan fingerprint density at radius 3 is 1.00 bits per heavy atom. The first-order valence-corrected chi connectivity index (χ1v) is 9.67. The second-order valence-corrected chi connectivity index (χ2v) is 6.80. The minimum Gasteiger partial charge on any atom is -0.0622 e. The van der Waals surface area contributed by atoms with Crippen molar-refractivity contribution in [3.8, 4) is 23.7 Å². The van der Waals surface area contributed by atoms with Gasteiger partial charge in [0.1, 0.15) is 0 Å². The molecule has 0 heterocycles. The van der Waals surface area contributed by atoms with Crippen LogP contribution >= 0.6 is 0 Å². The summed E-state index contributed by atoms with van der Waals surface area (Å²) in [6.45, 7) is 0. The standard InChI is InChI=1S/C29H20/c1-3-7-24(8-4-1)11-13-26-15-19-28(20-16-26)23-29-21-17-27(18-22-29)14-12-25-9-5-2-6-10-25/h1-10,15-22H,23H2. The van der Waals surface area contributed by atoms with Crippen LogP contribution in [0.4, 0.5) is 0 Å². The van der Waals surface area contributed by atoms with Gasteiger partial charge < -0.3 is 0 Å². The molecular weight excluding hydrogens is 348 g/mol. The second-order valence-electron chi connectivity index (χ2n) is 6.80. The van der Waals surface area contributed by atoms with E-state index in [1.807, 2.05) is 60.7 Å². The van der Waals surface area contributed by atoms with Crippen molar-refractivity contribution in [3.63, 3.8) is 0 Å². The summed E-state index contributed by atoms with van der Waals surface area (Å²) in [6.07, 6.45) is 0.902. The molecule has 0 aromatic heterocycles. The van der Waals surface area contributed by atoms with E-state index >= 15 is 0 Å². The van der Waals surface area contributed by atoms with Crippen LogP contribution in [-0.2, 0) is 6.42 Å². The monoisotopic (exact) mass is 368 g/mol. The summed E-state index contributed by atoms with van der Waals surface area (Å²) in [5, 5.41) is 0. The van der Waals surface area contributed by atoms with Crippen LogP contribution in [0.25, 0.3) is 0 Å². The van der Waals surface area contributed by atoms with Crippen molar-refractivity contribution < 1.29 is 0 Å². The highest BCUT2D eigenvalue weighted by Crippen LogP contribution is 2.12. The number of hydrogen-bond acceptors (Lipinski definition) is 0. The Morgan fingerprint density at radius 1 is 0.345 bits per heavy atom. The molecule has 4 aromatic rings. The van der Waals surface area contributed by atoms with Gasteiger partial charge in [-0.25, -0.2) is 0 Å². The summed E-state index contributed by atoms with van der Waals surface area (Å²) in [4.78, 5) is 0. The molecule has 0 N–H and O–H groups in total. The first kappa shape index (κ1) is 18.4. The van der Waals surface area contributed by atoms with Gasteiger partial charge in [0, 0.05) is 22.3 Å². The Hall–Kier alpha value is -4.00. The zero-order chi connectivity index (χ0) is 19.7. The molecule has 0 heteroatoms. The van der Waals surface area contributed by atoms with Crippen molar-refractivity contribution in [2.45, 2.75) is 6.42 Å². The third-order valence-corrected chi connectivity index (χ3v) is 4.57. The van der Waals surface area contributed by atoms with Crippen molar-refractivity contribution >= 4 is 0 Å². The van der Waals surface area contributed by atoms with Crippen LogP contribution < -0.4 is 0 Å². The van der Waals surface area contributed by atoms with E-state index in [0.717, 1.165) is 28.7 Å². The van der Waals surface area contributed by atoms with Crippen molar-refractivity contribution in [1.82, 2.24) is 0 Å². The van der Waals surface area contributed by atoms with E-state index in [-0.39, 0.29) is 0 Å². The summed E-state index contributed by atoms with van der Waals surface area (Å²) < 4.78 is 0. The van der Waals surface area contributed by atoms with E-state index in [1.165, 1.54) is 11.1 Å². The molecule has 0 bridgehead atoms. The summed E-state index contributed by atoms with van der Waals surface area (Å²) in [6, 6.07) is 37.1. The molecule has 4 rings (SSSR count). The normalized spacial score (nSPS) is 9.66. The summed E-state index contributed by atoms with van der Waals surface area (Å²) in [5.41, 5.74) is 6.68. The molecular formula is C29H20. The second kappa shape index (κ2) is 9.27. The van der Waals surface area contributed by atoms with Gasteiger partial charge >= 0.3 is 0 Å². The minimum atomic E-state index is 0.902. The van der Waals surface area contributed by atoms with Crippen molar-refractivity contribution in [3.05, 3.63) is 143 Å².